The van der Waals surface area contributed by atoms with Gasteiger partial charge in [-0.15, -0.1) is 0 Å². The summed E-state index contributed by atoms with van der Waals surface area (Å²) in [4.78, 5) is 0. The molecule has 31 heavy (non-hydrogen) atoms. The van der Waals surface area contributed by atoms with Crippen molar-refractivity contribution in [1.29, 1.82) is 0 Å². The zero-order valence-electron chi connectivity index (χ0n) is 17.3. The molecule has 0 bridgehead atoms. The highest BCUT2D eigenvalue weighted by Crippen LogP contribution is 2.33. The Morgan fingerprint density at radius 1 is 0.935 bits per heavy atom. The molecule has 2 saturated heterocycles. The van der Waals surface area contributed by atoms with E-state index < -0.39 is 42.7 Å². The summed E-state index contributed by atoms with van der Waals surface area (Å²) >= 11 is 0. The van der Waals surface area contributed by atoms with Crippen LogP contribution >= 0.6 is 0 Å². The fourth-order valence-corrected chi connectivity index (χ4v) is 3.56. The van der Waals surface area contributed by atoms with Gasteiger partial charge < -0.3 is 23.7 Å². The molecule has 0 aliphatic carbocycles. The lowest BCUT2D eigenvalue weighted by molar-refractivity contribution is -0.283. The first kappa shape index (κ1) is 24.2. The minimum Gasteiger partial charge on any atom is -0.478 e. The Labute approximate surface area is 177 Å². The largest absolute Gasteiger partial charge is 0.478 e. The molecule has 0 saturated carbocycles. The van der Waals surface area contributed by atoms with Crippen LogP contribution in [0.15, 0.2) is 12.1 Å². The minimum atomic E-state index is -4.71. The molecule has 2 fully saturated rings. The molecule has 1 aromatic carbocycles. The second-order valence-electron chi connectivity index (χ2n) is 7.87. The highest BCUT2D eigenvalue weighted by Gasteiger charge is 2.35. The summed E-state index contributed by atoms with van der Waals surface area (Å²) in [6, 6.07) is 1.68. The lowest BCUT2D eigenvalue weighted by Crippen LogP contribution is -2.43. The van der Waals surface area contributed by atoms with Crippen molar-refractivity contribution >= 4 is 0 Å². The second-order valence-corrected chi connectivity index (χ2v) is 7.87. The molecule has 2 aliphatic rings. The average Bonchev–Trinajstić information content (AvgIpc) is 2.73. The molecule has 0 unspecified atom stereocenters. The maximum Gasteiger partial charge on any atom is 0.422 e. The van der Waals surface area contributed by atoms with E-state index in [1.165, 1.54) is 6.42 Å². The molecule has 0 amide bonds. The summed E-state index contributed by atoms with van der Waals surface area (Å²) in [5.41, 5.74) is 0.00859. The maximum atomic E-state index is 14.1. The molecule has 3 rings (SSSR count). The van der Waals surface area contributed by atoms with Crippen molar-refractivity contribution in [2.45, 2.75) is 51.4 Å². The average molecular weight is 454 g/mol. The molecule has 0 spiro atoms. The van der Waals surface area contributed by atoms with Gasteiger partial charge >= 0.3 is 6.18 Å². The summed E-state index contributed by atoms with van der Waals surface area (Å²) in [5, 5.41) is 0. The van der Waals surface area contributed by atoms with Gasteiger partial charge in [0, 0.05) is 11.5 Å². The standard InChI is InChI=1S/C21H27F5O5/c1-2-3-4-5-13-8-27-20(28-9-13)15-10-29-19(30-11-15)14-6-16(22)18(17(23)7-14)31-12-21(24,25)26/h6-7,13,15,19-20H,2-5,8-12H2,1H3. The van der Waals surface area contributed by atoms with Crippen LogP contribution in [-0.2, 0) is 18.9 Å². The Morgan fingerprint density at radius 2 is 1.55 bits per heavy atom. The molecule has 10 heteroatoms. The number of ether oxygens (including phenoxy) is 5. The van der Waals surface area contributed by atoms with Crippen molar-refractivity contribution < 1.29 is 45.6 Å². The summed E-state index contributed by atoms with van der Waals surface area (Å²) in [5.74, 6) is -3.45. The highest BCUT2D eigenvalue weighted by atomic mass is 19.4. The first-order valence-electron chi connectivity index (χ1n) is 10.4. The number of halogens is 5. The topological polar surface area (TPSA) is 46.2 Å². The van der Waals surface area contributed by atoms with Crippen molar-refractivity contribution in [3.05, 3.63) is 29.3 Å². The zero-order chi connectivity index (χ0) is 22.4. The highest BCUT2D eigenvalue weighted by molar-refractivity contribution is 5.32. The first-order valence-corrected chi connectivity index (χ1v) is 10.4. The molecule has 5 nitrogen and oxygen atoms in total. The molecule has 0 N–H and O–H groups in total. The molecule has 1 aromatic rings. The third kappa shape index (κ3) is 7.00. The van der Waals surface area contributed by atoms with Crippen LogP contribution in [0.3, 0.4) is 0 Å². The van der Waals surface area contributed by atoms with E-state index in [0.717, 1.165) is 31.4 Å². The molecule has 176 valence electrons. The number of hydrogen-bond donors (Lipinski definition) is 0. The molecular formula is C21H27F5O5. The molecule has 0 aromatic heterocycles. The van der Waals surface area contributed by atoms with Crippen molar-refractivity contribution in [2.75, 3.05) is 33.0 Å². The Morgan fingerprint density at radius 3 is 2.10 bits per heavy atom. The molecule has 2 heterocycles. The van der Waals surface area contributed by atoms with Crippen molar-refractivity contribution in [1.82, 2.24) is 0 Å². The lowest BCUT2D eigenvalue weighted by atomic mass is 10.0. The van der Waals surface area contributed by atoms with Gasteiger partial charge in [0.05, 0.1) is 32.3 Å². The smallest absolute Gasteiger partial charge is 0.422 e. The van der Waals surface area contributed by atoms with Crippen molar-refractivity contribution in [3.8, 4) is 5.75 Å². The van der Waals surface area contributed by atoms with Crippen LogP contribution in [0.5, 0.6) is 5.75 Å². The molecule has 0 radical (unpaired) electrons. The van der Waals surface area contributed by atoms with Crippen LogP contribution in [-0.4, -0.2) is 45.5 Å². The second kappa shape index (κ2) is 10.9. The number of rotatable bonds is 8. The Hall–Kier alpha value is -1.49. The third-order valence-corrected chi connectivity index (χ3v) is 5.19. The van der Waals surface area contributed by atoms with Crippen LogP contribution in [0.4, 0.5) is 22.0 Å². The summed E-state index contributed by atoms with van der Waals surface area (Å²) in [6.45, 7) is 1.93. The van der Waals surface area contributed by atoms with Crippen molar-refractivity contribution in [3.63, 3.8) is 0 Å². The van der Waals surface area contributed by atoms with E-state index in [9.17, 15) is 22.0 Å². The maximum absolute atomic E-state index is 14.1. The molecular weight excluding hydrogens is 427 g/mol. The van der Waals surface area contributed by atoms with E-state index in [2.05, 4.69) is 11.7 Å². The van der Waals surface area contributed by atoms with Gasteiger partial charge in [-0.2, -0.15) is 13.2 Å². The van der Waals surface area contributed by atoms with E-state index in [-0.39, 0.29) is 24.7 Å². The summed E-state index contributed by atoms with van der Waals surface area (Å²) in [6.07, 6.45) is -1.70. The quantitative estimate of drug-likeness (QED) is 0.402. The SMILES string of the molecule is CCCCCC1COC(C2COC(c3cc(F)c(OCC(F)(F)F)c(F)c3)OC2)OC1. The summed E-state index contributed by atoms with van der Waals surface area (Å²) < 4.78 is 91.8. The van der Waals surface area contributed by atoms with Gasteiger partial charge in [-0.25, -0.2) is 8.78 Å². The van der Waals surface area contributed by atoms with Crippen LogP contribution in [0.1, 0.15) is 44.5 Å². The van der Waals surface area contributed by atoms with Gasteiger partial charge in [-0.1, -0.05) is 26.2 Å². The minimum absolute atomic E-state index is 0.00859. The van der Waals surface area contributed by atoms with E-state index in [0.29, 0.717) is 19.1 Å². The van der Waals surface area contributed by atoms with Crippen LogP contribution < -0.4 is 4.74 Å². The Kier molecular flexibility index (Phi) is 8.49. The normalized spacial score (nSPS) is 27.3. The van der Waals surface area contributed by atoms with Crippen LogP contribution in [0.2, 0.25) is 0 Å². The van der Waals surface area contributed by atoms with E-state index >= 15 is 0 Å². The van der Waals surface area contributed by atoms with Gasteiger partial charge in [-0.3, -0.25) is 0 Å². The zero-order valence-corrected chi connectivity index (χ0v) is 17.3. The Balaban J connectivity index is 1.48. The fraction of sp³-hybridized carbons (Fsp3) is 0.714. The first-order chi connectivity index (χ1) is 14.8. The van der Waals surface area contributed by atoms with Crippen molar-refractivity contribution in [2.24, 2.45) is 11.8 Å². The Bertz CT molecular complexity index is 675. The predicted octanol–water partition coefficient (Wildman–Crippen LogP) is 5.14. The number of alkyl halides is 3. The van der Waals surface area contributed by atoms with E-state index in [1.54, 1.807) is 0 Å². The lowest BCUT2D eigenvalue weighted by Gasteiger charge is -2.37. The monoisotopic (exact) mass is 454 g/mol. The van der Waals surface area contributed by atoms with Gasteiger partial charge in [-0.05, 0) is 18.6 Å². The third-order valence-electron chi connectivity index (χ3n) is 5.19. The summed E-state index contributed by atoms with van der Waals surface area (Å²) in [7, 11) is 0. The van der Waals surface area contributed by atoms with Crippen LogP contribution in [0.25, 0.3) is 0 Å². The number of unbranched alkanes of at least 4 members (excludes halogenated alkanes) is 2. The van der Waals surface area contributed by atoms with Gasteiger partial charge in [0.15, 0.2) is 36.6 Å². The number of hydrogen-bond acceptors (Lipinski definition) is 5. The predicted molar refractivity (Wildman–Crippen MR) is 99.4 cm³/mol. The van der Waals surface area contributed by atoms with Gasteiger partial charge in [0.1, 0.15) is 0 Å². The number of benzene rings is 1. The van der Waals surface area contributed by atoms with Gasteiger partial charge in [0.2, 0.25) is 0 Å². The van der Waals surface area contributed by atoms with Gasteiger partial charge in [0.25, 0.3) is 0 Å². The van der Waals surface area contributed by atoms with E-state index in [4.69, 9.17) is 18.9 Å². The van der Waals surface area contributed by atoms with E-state index in [1.807, 2.05) is 0 Å². The molecule has 0 atom stereocenters. The fourth-order valence-electron chi connectivity index (χ4n) is 3.56. The van der Waals surface area contributed by atoms with Crippen LogP contribution in [0, 0.1) is 23.5 Å². The molecule has 2 aliphatic heterocycles.